The zero-order chi connectivity index (χ0) is 19.3. The first-order valence-corrected chi connectivity index (χ1v) is 9.98. The van der Waals surface area contributed by atoms with Crippen molar-refractivity contribution in [1.82, 2.24) is 0 Å². The highest BCUT2D eigenvalue weighted by Gasteiger charge is 2.27. The molecule has 0 saturated carbocycles. The molecule has 0 unspecified atom stereocenters. The van der Waals surface area contributed by atoms with Crippen molar-refractivity contribution in [2.75, 3.05) is 0 Å². The molecule has 0 aliphatic heterocycles. The highest BCUT2D eigenvalue weighted by atomic mass is 14.3. The van der Waals surface area contributed by atoms with E-state index < -0.39 is 0 Å². The lowest BCUT2D eigenvalue weighted by Crippen LogP contribution is -2.20. The molecule has 0 fully saturated rings. The smallest absolute Gasteiger partial charge is 0.00879 e. The molecule has 0 bridgehead atoms. The summed E-state index contributed by atoms with van der Waals surface area (Å²) in [5, 5.41) is 0. The van der Waals surface area contributed by atoms with E-state index in [2.05, 4.69) is 97.9 Å². The SMILES string of the molecule is CC(C)c1c(-c2cccc3c2C=CC3)cc(C(C)(C)C)cc1C(C)(C)C. The van der Waals surface area contributed by atoms with E-state index in [1.165, 1.54) is 38.9 Å². The molecule has 0 spiro atoms. The molecule has 3 rings (SSSR count). The molecule has 0 aromatic heterocycles. The molecule has 2 aromatic rings. The Labute approximate surface area is 160 Å². The van der Waals surface area contributed by atoms with Crippen molar-refractivity contribution in [3.8, 4) is 11.1 Å². The molecule has 0 nitrogen and oxygen atoms in total. The minimum atomic E-state index is 0.128. The summed E-state index contributed by atoms with van der Waals surface area (Å²) in [7, 11) is 0. The first-order chi connectivity index (χ1) is 12.0. The lowest BCUT2D eigenvalue weighted by molar-refractivity contribution is 0.560. The third kappa shape index (κ3) is 3.39. The Hall–Kier alpha value is -1.82. The van der Waals surface area contributed by atoms with Crippen molar-refractivity contribution in [2.45, 2.75) is 78.6 Å². The van der Waals surface area contributed by atoms with Crippen molar-refractivity contribution in [3.63, 3.8) is 0 Å². The van der Waals surface area contributed by atoms with E-state index in [0.717, 1.165) is 6.42 Å². The van der Waals surface area contributed by atoms with Crippen molar-refractivity contribution in [3.05, 3.63) is 64.2 Å². The Balaban J connectivity index is 2.41. The third-order valence-corrected chi connectivity index (χ3v) is 5.54. The first-order valence-electron chi connectivity index (χ1n) is 9.98. The van der Waals surface area contributed by atoms with Gasteiger partial charge in [-0.05, 0) is 62.1 Å². The van der Waals surface area contributed by atoms with Gasteiger partial charge in [-0.3, -0.25) is 0 Å². The van der Waals surface area contributed by atoms with E-state index in [0.29, 0.717) is 5.92 Å². The summed E-state index contributed by atoms with van der Waals surface area (Å²) < 4.78 is 0. The highest BCUT2D eigenvalue weighted by molar-refractivity contribution is 5.82. The lowest BCUT2D eigenvalue weighted by Gasteiger charge is -2.31. The molecule has 1 aliphatic rings. The Morgan fingerprint density at radius 1 is 0.846 bits per heavy atom. The molecule has 0 heterocycles. The molecule has 2 aromatic carbocycles. The van der Waals surface area contributed by atoms with Crippen LogP contribution in [0, 0.1) is 0 Å². The molecule has 138 valence electrons. The number of allylic oxidation sites excluding steroid dienone is 1. The van der Waals surface area contributed by atoms with Gasteiger partial charge < -0.3 is 0 Å². The molecule has 26 heavy (non-hydrogen) atoms. The van der Waals surface area contributed by atoms with Crippen molar-refractivity contribution in [1.29, 1.82) is 0 Å². The van der Waals surface area contributed by atoms with E-state index >= 15 is 0 Å². The van der Waals surface area contributed by atoms with Gasteiger partial charge in [0.05, 0.1) is 0 Å². The van der Waals surface area contributed by atoms with Crippen LogP contribution in [-0.2, 0) is 17.3 Å². The zero-order valence-electron chi connectivity index (χ0n) is 17.8. The molecular weight excluding hydrogens is 312 g/mol. The van der Waals surface area contributed by atoms with Gasteiger partial charge >= 0.3 is 0 Å². The maximum atomic E-state index is 2.47. The van der Waals surface area contributed by atoms with Gasteiger partial charge in [-0.25, -0.2) is 0 Å². The Morgan fingerprint density at radius 2 is 1.54 bits per heavy atom. The number of hydrogen-bond donors (Lipinski definition) is 0. The minimum Gasteiger partial charge on any atom is -0.0795 e. The molecular formula is C26H34. The van der Waals surface area contributed by atoms with Crippen molar-refractivity contribution in [2.24, 2.45) is 0 Å². The number of fused-ring (bicyclic) bond motifs is 1. The summed E-state index contributed by atoms with van der Waals surface area (Å²) >= 11 is 0. The lowest BCUT2D eigenvalue weighted by atomic mass is 9.73. The van der Waals surface area contributed by atoms with Crippen LogP contribution in [0.1, 0.15) is 89.1 Å². The fourth-order valence-corrected chi connectivity index (χ4v) is 4.08. The van der Waals surface area contributed by atoms with Gasteiger partial charge in [0.25, 0.3) is 0 Å². The quantitative estimate of drug-likeness (QED) is 0.524. The van der Waals surface area contributed by atoms with E-state index in [9.17, 15) is 0 Å². The second-order valence-electron chi connectivity index (χ2n) is 10.1. The largest absolute Gasteiger partial charge is 0.0795 e. The Morgan fingerprint density at radius 3 is 2.12 bits per heavy atom. The fraction of sp³-hybridized carbons (Fsp3) is 0.462. The molecule has 0 saturated heterocycles. The summed E-state index contributed by atoms with van der Waals surface area (Å²) in [6.45, 7) is 18.7. The predicted molar refractivity (Wildman–Crippen MR) is 116 cm³/mol. The average Bonchev–Trinajstić information content (AvgIpc) is 3.00. The molecule has 0 heteroatoms. The van der Waals surface area contributed by atoms with Crippen molar-refractivity contribution >= 4 is 6.08 Å². The first kappa shape index (κ1) is 19.0. The summed E-state index contributed by atoms with van der Waals surface area (Å²) in [6.07, 6.45) is 5.67. The maximum Gasteiger partial charge on any atom is -0.00879 e. The number of rotatable bonds is 2. The standard InChI is InChI=1S/C26H34/c1-17(2)24-22(21-14-10-12-18-11-9-13-20(18)21)15-19(25(3,4)5)16-23(24)26(6,7)8/h9-10,12-17H,11H2,1-8H3. The average molecular weight is 347 g/mol. The Bertz CT molecular complexity index is 849. The fourth-order valence-electron chi connectivity index (χ4n) is 4.08. The number of hydrogen-bond acceptors (Lipinski definition) is 0. The predicted octanol–water partition coefficient (Wildman–Crippen LogP) is 7.64. The summed E-state index contributed by atoms with van der Waals surface area (Å²) in [4.78, 5) is 0. The van der Waals surface area contributed by atoms with E-state index in [1.54, 1.807) is 0 Å². The summed E-state index contributed by atoms with van der Waals surface area (Å²) in [5.74, 6) is 0.495. The van der Waals surface area contributed by atoms with Crippen LogP contribution in [0.4, 0.5) is 0 Å². The summed E-state index contributed by atoms with van der Waals surface area (Å²) in [5.41, 5.74) is 10.4. The van der Waals surface area contributed by atoms with Gasteiger partial charge in [0.2, 0.25) is 0 Å². The van der Waals surface area contributed by atoms with Crippen LogP contribution in [0.15, 0.2) is 36.4 Å². The van der Waals surface area contributed by atoms with Gasteiger partial charge in [-0.2, -0.15) is 0 Å². The van der Waals surface area contributed by atoms with Crippen LogP contribution in [-0.4, -0.2) is 0 Å². The topological polar surface area (TPSA) is 0 Å². The molecule has 1 aliphatic carbocycles. The van der Waals surface area contributed by atoms with Crippen LogP contribution >= 0.6 is 0 Å². The van der Waals surface area contributed by atoms with E-state index in [-0.39, 0.29) is 10.8 Å². The second kappa shape index (κ2) is 6.41. The third-order valence-electron chi connectivity index (χ3n) is 5.54. The van der Waals surface area contributed by atoms with Crippen LogP contribution in [0.25, 0.3) is 17.2 Å². The van der Waals surface area contributed by atoms with E-state index in [1.807, 2.05) is 0 Å². The van der Waals surface area contributed by atoms with Gasteiger partial charge in [-0.1, -0.05) is 97.9 Å². The monoisotopic (exact) mass is 346 g/mol. The van der Waals surface area contributed by atoms with Crippen LogP contribution < -0.4 is 0 Å². The number of benzene rings is 2. The van der Waals surface area contributed by atoms with Gasteiger partial charge in [0, 0.05) is 0 Å². The summed E-state index contributed by atoms with van der Waals surface area (Å²) in [6, 6.07) is 11.7. The maximum absolute atomic E-state index is 2.47. The van der Waals surface area contributed by atoms with Crippen LogP contribution in [0.2, 0.25) is 0 Å². The molecule has 0 amide bonds. The van der Waals surface area contributed by atoms with Crippen molar-refractivity contribution < 1.29 is 0 Å². The van der Waals surface area contributed by atoms with E-state index in [4.69, 9.17) is 0 Å². The van der Waals surface area contributed by atoms with Gasteiger partial charge in [-0.15, -0.1) is 0 Å². The molecule has 0 radical (unpaired) electrons. The highest BCUT2D eigenvalue weighted by Crippen LogP contribution is 2.43. The molecule has 0 N–H and O–H groups in total. The minimum absolute atomic E-state index is 0.128. The van der Waals surface area contributed by atoms with Crippen LogP contribution in [0.3, 0.4) is 0 Å². The van der Waals surface area contributed by atoms with Gasteiger partial charge in [0.15, 0.2) is 0 Å². The normalized spacial score (nSPS) is 14.2. The van der Waals surface area contributed by atoms with Crippen LogP contribution in [0.5, 0.6) is 0 Å². The second-order valence-corrected chi connectivity index (χ2v) is 10.1. The molecule has 0 atom stereocenters. The van der Waals surface area contributed by atoms with Gasteiger partial charge in [0.1, 0.15) is 0 Å². The Kier molecular flexibility index (Phi) is 4.67. The zero-order valence-corrected chi connectivity index (χ0v) is 17.8.